The van der Waals surface area contributed by atoms with Gasteiger partial charge in [0.2, 0.25) is 0 Å². The molecule has 1 aromatic heterocycles. The highest BCUT2D eigenvalue weighted by Crippen LogP contribution is 2.13. The molecule has 0 saturated heterocycles. The smallest absolute Gasteiger partial charge is 0.332 e. The van der Waals surface area contributed by atoms with Crippen LogP contribution in [0.3, 0.4) is 0 Å². The number of nitrogens with zero attached hydrogens (tertiary/aromatic N) is 3. The Bertz CT molecular complexity index is 878. The number of nitrogens with two attached hydrogens (primary N) is 1. The van der Waals surface area contributed by atoms with Crippen molar-refractivity contribution in [3.63, 3.8) is 0 Å². The average molecular weight is 319 g/mol. The molecule has 2 aromatic rings. The van der Waals surface area contributed by atoms with Crippen LogP contribution in [0.2, 0.25) is 5.02 Å². The molecule has 0 unspecified atom stereocenters. The second-order valence-corrected chi connectivity index (χ2v) is 5.07. The minimum absolute atomic E-state index is 0.0281. The van der Waals surface area contributed by atoms with Crippen molar-refractivity contribution in [2.75, 3.05) is 5.73 Å². The van der Waals surface area contributed by atoms with Gasteiger partial charge in [-0.25, -0.2) is 9.79 Å². The van der Waals surface area contributed by atoms with Crippen LogP contribution in [-0.4, -0.2) is 15.3 Å². The van der Waals surface area contributed by atoms with Gasteiger partial charge < -0.3 is 5.73 Å². The second kappa shape index (κ2) is 6.44. The summed E-state index contributed by atoms with van der Waals surface area (Å²) in [6, 6.07) is 7.29. The largest absolute Gasteiger partial charge is 0.383 e. The summed E-state index contributed by atoms with van der Waals surface area (Å²) in [7, 11) is 2.86. The summed E-state index contributed by atoms with van der Waals surface area (Å²) < 4.78 is 2.14. The van der Waals surface area contributed by atoms with E-state index >= 15 is 0 Å². The van der Waals surface area contributed by atoms with E-state index in [9.17, 15) is 9.59 Å². The maximum Gasteiger partial charge on any atom is 0.332 e. The van der Waals surface area contributed by atoms with Gasteiger partial charge in [0.1, 0.15) is 5.82 Å². The Balaban J connectivity index is 2.32. The van der Waals surface area contributed by atoms with E-state index in [0.29, 0.717) is 5.02 Å². The van der Waals surface area contributed by atoms with E-state index < -0.39 is 11.2 Å². The van der Waals surface area contributed by atoms with Crippen LogP contribution in [0.15, 0.2) is 44.9 Å². The Labute approximate surface area is 131 Å². The van der Waals surface area contributed by atoms with Crippen LogP contribution in [0.4, 0.5) is 11.5 Å². The lowest BCUT2D eigenvalue weighted by molar-refractivity contribution is 0.695. The quantitative estimate of drug-likeness (QED) is 0.875. The van der Waals surface area contributed by atoms with Gasteiger partial charge in [-0.05, 0) is 23.8 Å². The highest BCUT2D eigenvalue weighted by molar-refractivity contribution is 6.30. The molecular weight excluding hydrogens is 304 g/mol. The fraction of sp³-hybridized carbons (Fsp3) is 0.133. The van der Waals surface area contributed by atoms with Gasteiger partial charge >= 0.3 is 5.69 Å². The van der Waals surface area contributed by atoms with Crippen molar-refractivity contribution in [3.05, 3.63) is 61.8 Å². The second-order valence-electron chi connectivity index (χ2n) is 4.63. The summed E-state index contributed by atoms with van der Waals surface area (Å²) in [6.45, 7) is 0. The fourth-order valence-corrected chi connectivity index (χ4v) is 2.04. The van der Waals surface area contributed by atoms with Crippen molar-refractivity contribution < 1.29 is 0 Å². The van der Waals surface area contributed by atoms with Crippen LogP contribution in [0.1, 0.15) is 5.56 Å². The first kappa shape index (κ1) is 15.8. The zero-order valence-electron chi connectivity index (χ0n) is 12.2. The first-order chi connectivity index (χ1) is 10.4. The van der Waals surface area contributed by atoms with E-state index in [4.69, 9.17) is 17.3 Å². The normalized spacial score (nSPS) is 11.6. The number of aliphatic imine (C=N–C) groups is 1. The predicted octanol–water partition coefficient (Wildman–Crippen LogP) is 1.74. The molecule has 0 aliphatic carbocycles. The van der Waals surface area contributed by atoms with Crippen LogP contribution in [0, 0.1) is 0 Å². The molecule has 6 nitrogen and oxygen atoms in total. The van der Waals surface area contributed by atoms with Crippen LogP contribution in [-0.2, 0) is 14.1 Å². The molecule has 7 heteroatoms. The zero-order chi connectivity index (χ0) is 16.3. The Morgan fingerprint density at radius 1 is 1.23 bits per heavy atom. The molecule has 22 heavy (non-hydrogen) atoms. The third-order valence-corrected chi connectivity index (χ3v) is 3.35. The Kier molecular flexibility index (Phi) is 4.62. The topological polar surface area (TPSA) is 82.4 Å². The molecule has 0 atom stereocenters. The molecule has 0 fully saturated rings. The summed E-state index contributed by atoms with van der Waals surface area (Å²) in [5.74, 6) is 0.0282. The van der Waals surface area contributed by atoms with Crippen molar-refractivity contribution in [2.45, 2.75) is 0 Å². The summed E-state index contributed by atoms with van der Waals surface area (Å²) in [5, 5.41) is 0.635. The van der Waals surface area contributed by atoms with Crippen LogP contribution in [0.5, 0.6) is 0 Å². The molecule has 1 heterocycles. The number of nitrogen functional groups attached to an aromatic ring is 1. The molecular formula is C15H15ClN4O2. The highest BCUT2D eigenvalue weighted by Gasteiger charge is 2.11. The molecule has 2 rings (SSSR count). The molecule has 0 radical (unpaired) electrons. The zero-order valence-corrected chi connectivity index (χ0v) is 12.9. The molecule has 0 amide bonds. The van der Waals surface area contributed by atoms with E-state index in [1.54, 1.807) is 24.3 Å². The number of aromatic nitrogens is 2. The average Bonchev–Trinajstić information content (AvgIpc) is 2.50. The Hall–Kier alpha value is -2.60. The molecule has 0 aliphatic rings. The number of allylic oxidation sites excluding steroid dienone is 1. The summed E-state index contributed by atoms with van der Waals surface area (Å²) in [6.07, 6.45) is 4.89. The van der Waals surface area contributed by atoms with Gasteiger partial charge in [0.05, 0.1) is 0 Å². The number of benzene rings is 1. The summed E-state index contributed by atoms with van der Waals surface area (Å²) in [4.78, 5) is 27.7. The standard InChI is InChI=1S/C15H15ClN4O2/c1-19-13(17)12(14(21)20(2)15(19)22)18-8-4-6-10-5-3-7-11(16)9-10/h3-9H,17H2,1-2H3/b6-4+,18-8?. The SMILES string of the molecule is Cn1c(N)c(N=C/C=C/c2cccc(Cl)c2)c(=O)n(C)c1=O. The van der Waals surface area contributed by atoms with E-state index in [-0.39, 0.29) is 11.5 Å². The first-order valence-electron chi connectivity index (χ1n) is 6.43. The molecule has 0 spiro atoms. The monoisotopic (exact) mass is 318 g/mol. The van der Waals surface area contributed by atoms with Crippen LogP contribution in [0.25, 0.3) is 6.08 Å². The number of halogens is 1. The van der Waals surface area contributed by atoms with Gasteiger partial charge in [-0.1, -0.05) is 29.8 Å². The molecule has 2 N–H and O–H groups in total. The minimum atomic E-state index is -0.534. The Morgan fingerprint density at radius 3 is 2.64 bits per heavy atom. The van der Waals surface area contributed by atoms with Crippen molar-refractivity contribution >= 4 is 35.4 Å². The first-order valence-corrected chi connectivity index (χ1v) is 6.81. The van der Waals surface area contributed by atoms with Gasteiger partial charge in [0.25, 0.3) is 5.56 Å². The Morgan fingerprint density at radius 2 is 1.95 bits per heavy atom. The van der Waals surface area contributed by atoms with Crippen molar-refractivity contribution in [1.82, 2.24) is 9.13 Å². The van der Waals surface area contributed by atoms with Crippen molar-refractivity contribution in [1.29, 1.82) is 0 Å². The van der Waals surface area contributed by atoms with Gasteiger partial charge in [0, 0.05) is 25.3 Å². The number of hydrogen-bond acceptors (Lipinski definition) is 4. The van der Waals surface area contributed by atoms with E-state index in [0.717, 1.165) is 10.1 Å². The lowest BCUT2D eigenvalue weighted by Gasteiger charge is -2.07. The van der Waals surface area contributed by atoms with Crippen molar-refractivity contribution in [3.8, 4) is 0 Å². The maximum absolute atomic E-state index is 12.0. The van der Waals surface area contributed by atoms with Gasteiger partial charge in [0.15, 0.2) is 5.69 Å². The van der Waals surface area contributed by atoms with E-state index in [1.165, 1.54) is 24.9 Å². The highest BCUT2D eigenvalue weighted by atomic mass is 35.5. The lowest BCUT2D eigenvalue weighted by Crippen LogP contribution is -2.37. The molecule has 0 saturated carbocycles. The lowest BCUT2D eigenvalue weighted by atomic mass is 10.2. The summed E-state index contributed by atoms with van der Waals surface area (Å²) in [5.41, 5.74) is 5.67. The van der Waals surface area contributed by atoms with E-state index in [2.05, 4.69) is 4.99 Å². The van der Waals surface area contributed by atoms with Gasteiger partial charge in [-0.15, -0.1) is 0 Å². The molecule has 0 bridgehead atoms. The van der Waals surface area contributed by atoms with E-state index in [1.807, 2.05) is 12.1 Å². The van der Waals surface area contributed by atoms with Gasteiger partial charge in [-0.2, -0.15) is 0 Å². The molecule has 0 aliphatic heterocycles. The third-order valence-electron chi connectivity index (χ3n) is 3.11. The number of hydrogen-bond donors (Lipinski definition) is 1. The van der Waals surface area contributed by atoms with Gasteiger partial charge in [-0.3, -0.25) is 13.9 Å². The fourth-order valence-electron chi connectivity index (χ4n) is 1.85. The number of anilines is 1. The van der Waals surface area contributed by atoms with Crippen LogP contribution < -0.4 is 17.0 Å². The number of rotatable bonds is 3. The molecule has 1 aromatic carbocycles. The molecule has 114 valence electrons. The predicted molar refractivity (Wildman–Crippen MR) is 90.0 cm³/mol. The summed E-state index contributed by atoms with van der Waals surface area (Å²) >= 11 is 5.88. The van der Waals surface area contributed by atoms with Crippen molar-refractivity contribution in [2.24, 2.45) is 19.1 Å². The third kappa shape index (κ3) is 3.17. The minimum Gasteiger partial charge on any atom is -0.383 e. The van der Waals surface area contributed by atoms with Crippen LogP contribution >= 0.6 is 11.6 Å². The maximum atomic E-state index is 12.0.